The molecule has 0 saturated carbocycles. The summed E-state index contributed by atoms with van der Waals surface area (Å²) in [7, 11) is 4.11. The van der Waals surface area contributed by atoms with E-state index in [4.69, 9.17) is 0 Å². The minimum absolute atomic E-state index is 0.802. The highest BCUT2D eigenvalue weighted by Gasteiger charge is 2.03. The molecule has 0 unspecified atom stereocenters. The van der Waals surface area contributed by atoms with Crippen LogP contribution in [-0.2, 0) is 13.1 Å². The molecule has 2 rings (SSSR count). The Morgan fingerprint density at radius 3 is 2.74 bits per heavy atom. The monoisotopic (exact) mass is 258 g/mol. The largest absolute Gasteiger partial charge is 0.379 e. The van der Waals surface area contributed by atoms with E-state index in [0.29, 0.717) is 0 Å². The SMILES string of the molecule is CCn1cncc1CNc1ccc(N(C)C)cc1C. The molecule has 102 valence electrons. The van der Waals surface area contributed by atoms with Crippen molar-refractivity contribution in [2.45, 2.75) is 26.9 Å². The molecule has 2 aromatic rings. The molecule has 0 aliphatic carbocycles. The standard InChI is InChI=1S/C15H22N4/c1-5-19-11-16-9-14(19)10-17-15-7-6-13(18(3)4)8-12(15)2/h6-9,11,17H,5,10H2,1-4H3. The number of anilines is 2. The molecule has 1 aromatic carbocycles. The number of aryl methyl sites for hydroxylation is 2. The molecule has 0 spiro atoms. The van der Waals surface area contributed by atoms with Gasteiger partial charge in [0.2, 0.25) is 0 Å². The zero-order valence-corrected chi connectivity index (χ0v) is 12.1. The Morgan fingerprint density at radius 2 is 2.11 bits per heavy atom. The van der Waals surface area contributed by atoms with Crippen molar-refractivity contribution < 1.29 is 0 Å². The summed E-state index contributed by atoms with van der Waals surface area (Å²) in [6, 6.07) is 6.46. The first-order valence-corrected chi connectivity index (χ1v) is 6.62. The quantitative estimate of drug-likeness (QED) is 0.895. The molecular weight excluding hydrogens is 236 g/mol. The van der Waals surface area contributed by atoms with Gasteiger partial charge < -0.3 is 14.8 Å². The third-order valence-electron chi connectivity index (χ3n) is 3.33. The summed E-state index contributed by atoms with van der Waals surface area (Å²) in [6.07, 6.45) is 3.79. The van der Waals surface area contributed by atoms with Gasteiger partial charge in [0.25, 0.3) is 0 Å². The van der Waals surface area contributed by atoms with Crippen molar-refractivity contribution in [1.29, 1.82) is 0 Å². The maximum absolute atomic E-state index is 4.18. The number of benzene rings is 1. The van der Waals surface area contributed by atoms with E-state index in [9.17, 15) is 0 Å². The average molecular weight is 258 g/mol. The predicted octanol–water partition coefficient (Wildman–Crippen LogP) is 2.89. The van der Waals surface area contributed by atoms with E-state index in [1.54, 1.807) is 0 Å². The second kappa shape index (κ2) is 5.78. The molecule has 4 nitrogen and oxygen atoms in total. The molecule has 0 saturated heterocycles. The summed E-state index contributed by atoms with van der Waals surface area (Å²) in [5, 5.41) is 3.48. The van der Waals surface area contributed by atoms with Gasteiger partial charge in [0.1, 0.15) is 0 Å². The van der Waals surface area contributed by atoms with Crippen molar-refractivity contribution in [2.75, 3.05) is 24.3 Å². The third kappa shape index (κ3) is 3.08. The first-order chi connectivity index (χ1) is 9.11. The third-order valence-corrected chi connectivity index (χ3v) is 3.33. The van der Waals surface area contributed by atoms with E-state index in [2.05, 4.69) is 65.9 Å². The fourth-order valence-electron chi connectivity index (χ4n) is 2.09. The summed E-state index contributed by atoms with van der Waals surface area (Å²) >= 11 is 0. The molecule has 0 amide bonds. The lowest BCUT2D eigenvalue weighted by Gasteiger charge is -2.16. The van der Waals surface area contributed by atoms with Crippen LogP contribution in [0.25, 0.3) is 0 Å². The van der Waals surface area contributed by atoms with Crippen LogP contribution >= 0.6 is 0 Å². The van der Waals surface area contributed by atoms with Crippen LogP contribution in [0.3, 0.4) is 0 Å². The van der Waals surface area contributed by atoms with Gasteiger partial charge >= 0.3 is 0 Å². The number of aromatic nitrogens is 2. The van der Waals surface area contributed by atoms with Crippen LogP contribution < -0.4 is 10.2 Å². The molecule has 1 aromatic heterocycles. The highest BCUT2D eigenvalue weighted by Crippen LogP contribution is 2.21. The molecular formula is C15H22N4. The molecule has 1 N–H and O–H groups in total. The van der Waals surface area contributed by atoms with Gasteiger partial charge in [-0.05, 0) is 37.6 Å². The zero-order valence-electron chi connectivity index (χ0n) is 12.1. The van der Waals surface area contributed by atoms with Crippen LogP contribution in [-0.4, -0.2) is 23.6 Å². The molecule has 0 atom stereocenters. The van der Waals surface area contributed by atoms with Crippen LogP contribution in [0, 0.1) is 6.92 Å². The second-order valence-corrected chi connectivity index (χ2v) is 4.92. The fourth-order valence-corrected chi connectivity index (χ4v) is 2.09. The Labute approximate surface area is 115 Å². The molecule has 0 aliphatic heterocycles. The number of rotatable bonds is 5. The van der Waals surface area contributed by atoms with Crippen molar-refractivity contribution in [3.63, 3.8) is 0 Å². The van der Waals surface area contributed by atoms with E-state index < -0.39 is 0 Å². The van der Waals surface area contributed by atoms with Gasteiger partial charge in [-0.3, -0.25) is 0 Å². The lowest BCUT2D eigenvalue weighted by molar-refractivity contribution is 0.719. The Hall–Kier alpha value is -1.97. The second-order valence-electron chi connectivity index (χ2n) is 4.92. The van der Waals surface area contributed by atoms with E-state index >= 15 is 0 Å². The summed E-state index contributed by atoms with van der Waals surface area (Å²) in [5.41, 5.74) is 4.86. The molecule has 0 fully saturated rings. The molecule has 0 radical (unpaired) electrons. The molecule has 1 heterocycles. The van der Waals surface area contributed by atoms with E-state index in [0.717, 1.165) is 13.1 Å². The molecule has 19 heavy (non-hydrogen) atoms. The number of nitrogens with zero attached hydrogens (tertiary/aromatic N) is 3. The van der Waals surface area contributed by atoms with E-state index in [-0.39, 0.29) is 0 Å². The minimum atomic E-state index is 0.802. The van der Waals surface area contributed by atoms with Gasteiger partial charge in [-0.2, -0.15) is 0 Å². The van der Waals surface area contributed by atoms with Crippen molar-refractivity contribution in [1.82, 2.24) is 9.55 Å². The maximum atomic E-state index is 4.18. The lowest BCUT2D eigenvalue weighted by Crippen LogP contribution is -2.10. The Bertz CT molecular complexity index is 543. The van der Waals surface area contributed by atoms with E-state index in [1.165, 1.54) is 22.6 Å². The Balaban J connectivity index is 2.08. The lowest BCUT2D eigenvalue weighted by atomic mass is 10.1. The number of hydrogen-bond donors (Lipinski definition) is 1. The first-order valence-electron chi connectivity index (χ1n) is 6.62. The van der Waals surface area contributed by atoms with Crippen molar-refractivity contribution in [2.24, 2.45) is 0 Å². The van der Waals surface area contributed by atoms with Crippen LogP contribution in [0.2, 0.25) is 0 Å². The van der Waals surface area contributed by atoms with Crippen LogP contribution in [0.4, 0.5) is 11.4 Å². The zero-order chi connectivity index (χ0) is 13.8. The van der Waals surface area contributed by atoms with Crippen LogP contribution in [0.15, 0.2) is 30.7 Å². The van der Waals surface area contributed by atoms with Crippen molar-refractivity contribution >= 4 is 11.4 Å². The van der Waals surface area contributed by atoms with Gasteiger partial charge in [0, 0.05) is 38.2 Å². The Morgan fingerprint density at radius 1 is 1.32 bits per heavy atom. The summed E-state index contributed by atoms with van der Waals surface area (Å²) in [6.45, 7) is 6.01. The number of nitrogens with one attached hydrogen (secondary N) is 1. The highest BCUT2D eigenvalue weighted by molar-refractivity contribution is 5.59. The van der Waals surface area contributed by atoms with Gasteiger partial charge in [0.15, 0.2) is 0 Å². The highest BCUT2D eigenvalue weighted by atomic mass is 15.1. The topological polar surface area (TPSA) is 33.1 Å². The van der Waals surface area contributed by atoms with Gasteiger partial charge in [-0.25, -0.2) is 4.98 Å². The van der Waals surface area contributed by atoms with Gasteiger partial charge in [-0.1, -0.05) is 0 Å². The van der Waals surface area contributed by atoms with Gasteiger partial charge in [-0.15, -0.1) is 0 Å². The van der Waals surface area contributed by atoms with Crippen molar-refractivity contribution in [3.8, 4) is 0 Å². The number of imidazole rings is 1. The van der Waals surface area contributed by atoms with Crippen LogP contribution in [0.5, 0.6) is 0 Å². The number of hydrogen-bond acceptors (Lipinski definition) is 3. The fraction of sp³-hybridized carbons (Fsp3) is 0.400. The Kier molecular flexibility index (Phi) is 4.10. The van der Waals surface area contributed by atoms with Gasteiger partial charge in [0.05, 0.1) is 18.6 Å². The molecule has 0 bridgehead atoms. The summed E-state index contributed by atoms with van der Waals surface area (Å²) < 4.78 is 2.15. The van der Waals surface area contributed by atoms with Crippen molar-refractivity contribution in [3.05, 3.63) is 42.0 Å². The molecule has 0 aliphatic rings. The van der Waals surface area contributed by atoms with E-state index in [1.807, 2.05) is 12.5 Å². The maximum Gasteiger partial charge on any atom is 0.0948 e. The normalized spacial score (nSPS) is 10.5. The van der Waals surface area contributed by atoms with Crippen LogP contribution in [0.1, 0.15) is 18.2 Å². The summed E-state index contributed by atoms with van der Waals surface area (Å²) in [4.78, 5) is 6.30. The minimum Gasteiger partial charge on any atom is -0.379 e. The average Bonchev–Trinajstić information content (AvgIpc) is 2.84. The smallest absolute Gasteiger partial charge is 0.0948 e. The first kappa shape index (κ1) is 13.5. The predicted molar refractivity (Wildman–Crippen MR) is 80.7 cm³/mol. The molecule has 4 heteroatoms. The summed E-state index contributed by atoms with van der Waals surface area (Å²) in [5.74, 6) is 0.